The quantitative estimate of drug-likeness (QED) is 0.622. The van der Waals surface area contributed by atoms with Crippen LogP contribution in [-0.4, -0.2) is 30.4 Å². The Morgan fingerprint density at radius 1 is 0.929 bits per heavy atom. The first-order chi connectivity index (χ1) is 13.5. The number of benzene rings is 2. The first-order valence-electron chi connectivity index (χ1n) is 9.31. The molecule has 1 fully saturated rings. The molecule has 1 spiro atoms. The van der Waals surface area contributed by atoms with Crippen molar-refractivity contribution < 1.29 is 8.42 Å². The largest absolute Gasteiger partial charge is 0.372 e. The van der Waals surface area contributed by atoms with Crippen molar-refractivity contribution in [3.63, 3.8) is 0 Å². The van der Waals surface area contributed by atoms with E-state index in [-0.39, 0.29) is 5.54 Å². The summed E-state index contributed by atoms with van der Waals surface area (Å²) in [5.41, 5.74) is 3.18. The average Bonchev–Trinajstić information content (AvgIpc) is 3.20. The smallest absolute Gasteiger partial charge is 0.243 e. The van der Waals surface area contributed by atoms with Crippen LogP contribution in [0, 0.1) is 0 Å². The van der Waals surface area contributed by atoms with E-state index in [1.165, 1.54) is 5.69 Å². The third-order valence-corrected chi connectivity index (χ3v) is 8.25. The molecule has 0 bridgehead atoms. The standard InChI is InChI=1S/C21H20BrN3O2S/c22-16-7-9-17(10-8-16)28(26,27)24-14-11-21(12-15-24)20-6-3-13-25(20)19-5-2-1-4-18(19)23-21/h1-10,13,23H,11-12,14-15H2. The highest BCUT2D eigenvalue weighted by Crippen LogP contribution is 2.43. The van der Waals surface area contributed by atoms with Gasteiger partial charge in [-0.15, -0.1) is 0 Å². The first kappa shape index (κ1) is 18.0. The van der Waals surface area contributed by atoms with Crippen LogP contribution in [0.5, 0.6) is 0 Å². The van der Waals surface area contributed by atoms with E-state index in [4.69, 9.17) is 0 Å². The molecule has 7 heteroatoms. The zero-order chi connectivity index (χ0) is 19.4. The first-order valence-corrected chi connectivity index (χ1v) is 11.5. The fourth-order valence-corrected chi connectivity index (χ4v) is 6.04. The lowest BCUT2D eigenvalue weighted by Crippen LogP contribution is -2.50. The van der Waals surface area contributed by atoms with Crippen LogP contribution in [0.4, 0.5) is 5.69 Å². The number of hydrogen-bond acceptors (Lipinski definition) is 3. The summed E-state index contributed by atoms with van der Waals surface area (Å²) in [5.74, 6) is 0. The van der Waals surface area contributed by atoms with E-state index in [1.54, 1.807) is 28.6 Å². The van der Waals surface area contributed by atoms with Crippen LogP contribution < -0.4 is 5.32 Å². The van der Waals surface area contributed by atoms with Crippen LogP contribution in [-0.2, 0) is 15.6 Å². The summed E-state index contributed by atoms with van der Waals surface area (Å²) >= 11 is 3.36. The van der Waals surface area contributed by atoms with Crippen molar-refractivity contribution in [1.29, 1.82) is 0 Å². The number of anilines is 1. The molecule has 0 unspecified atom stereocenters. The van der Waals surface area contributed by atoms with Crippen LogP contribution in [0.2, 0.25) is 0 Å². The van der Waals surface area contributed by atoms with Gasteiger partial charge in [0.05, 0.1) is 21.8 Å². The fourth-order valence-electron chi connectivity index (χ4n) is 4.34. The molecule has 2 aliphatic rings. The molecule has 2 aliphatic heterocycles. The SMILES string of the molecule is O=S(=O)(c1ccc(Br)cc1)N1CCC2(CC1)Nc1ccccc1-n1cccc12. The zero-order valence-electron chi connectivity index (χ0n) is 15.2. The molecule has 0 saturated carbocycles. The lowest BCUT2D eigenvalue weighted by molar-refractivity contribution is 0.247. The second kappa shape index (κ2) is 6.47. The minimum atomic E-state index is -3.48. The molecule has 144 valence electrons. The number of halogens is 1. The Balaban J connectivity index is 1.44. The Kier molecular flexibility index (Phi) is 4.15. The highest BCUT2D eigenvalue weighted by atomic mass is 79.9. The van der Waals surface area contributed by atoms with Crippen molar-refractivity contribution in [2.24, 2.45) is 0 Å². The second-order valence-electron chi connectivity index (χ2n) is 7.35. The summed E-state index contributed by atoms with van der Waals surface area (Å²) in [6, 6.07) is 19.3. The number of rotatable bonds is 2. The molecule has 3 aromatic rings. The Morgan fingerprint density at radius 2 is 1.64 bits per heavy atom. The Bertz CT molecular complexity index is 1130. The summed E-state index contributed by atoms with van der Waals surface area (Å²) in [6.07, 6.45) is 3.53. The molecule has 0 amide bonds. The Hall–Kier alpha value is -2.09. The maximum Gasteiger partial charge on any atom is 0.243 e. The van der Waals surface area contributed by atoms with Crippen LogP contribution >= 0.6 is 15.9 Å². The maximum absolute atomic E-state index is 13.0. The van der Waals surface area contributed by atoms with Crippen LogP contribution in [0.3, 0.4) is 0 Å². The van der Waals surface area contributed by atoms with Gasteiger partial charge in [0.15, 0.2) is 0 Å². The van der Waals surface area contributed by atoms with E-state index in [1.807, 2.05) is 12.1 Å². The van der Waals surface area contributed by atoms with Gasteiger partial charge >= 0.3 is 0 Å². The van der Waals surface area contributed by atoms with Gasteiger partial charge in [0.25, 0.3) is 0 Å². The number of hydrogen-bond donors (Lipinski definition) is 1. The molecule has 0 radical (unpaired) electrons. The van der Waals surface area contributed by atoms with Crippen LogP contribution in [0.15, 0.2) is 76.2 Å². The third kappa shape index (κ3) is 2.72. The number of sulfonamides is 1. The number of aromatic nitrogens is 1. The number of piperidine rings is 1. The molecule has 1 saturated heterocycles. The minimum Gasteiger partial charge on any atom is -0.372 e. The zero-order valence-corrected chi connectivity index (χ0v) is 17.6. The summed E-state index contributed by atoms with van der Waals surface area (Å²) in [7, 11) is -3.48. The normalized spacial score (nSPS) is 18.3. The number of nitrogens with one attached hydrogen (secondary N) is 1. The van der Waals surface area contributed by atoms with Crippen molar-refractivity contribution in [2.75, 3.05) is 18.4 Å². The van der Waals surface area contributed by atoms with Gasteiger partial charge in [0.2, 0.25) is 10.0 Å². The third-order valence-electron chi connectivity index (χ3n) is 5.80. The van der Waals surface area contributed by atoms with Crippen molar-refractivity contribution in [2.45, 2.75) is 23.3 Å². The Labute approximate surface area is 173 Å². The van der Waals surface area contributed by atoms with Crippen LogP contribution in [0.1, 0.15) is 18.5 Å². The number of fused-ring (bicyclic) bond motifs is 4. The monoisotopic (exact) mass is 457 g/mol. The van der Waals surface area contributed by atoms with Gasteiger partial charge in [-0.3, -0.25) is 0 Å². The van der Waals surface area contributed by atoms with E-state index in [0.29, 0.717) is 18.0 Å². The molecule has 5 nitrogen and oxygen atoms in total. The van der Waals surface area contributed by atoms with Gasteiger partial charge in [0, 0.05) is 29.5 Å². The van der Waals surface area contributed by atoms with Crippen LogP contribution in [0.25, 0.3) is 5.69 Å². The van der Waals surface area contributed by atoms with Gasteiger partial charge < -0.3 is 9.88 Å². The van der Waals surface area contributed by atoms with E-state index in [2.05, 4.69) is 56.3 Å². The molecule has 0 aliphatic carbocycles. The molecule has 1 N–H and O–H groups in total. The second-order valence-corrected chi connectivity index (χ2v) is 10.2. The van der Waals surface area contributed by atoms with Gasteiger partial charge in [0.1, 0.15) is 0 Å². The fraction of sp³-hybridized carbons (Fsp3) is 0.238. The van der Waals surface area contributed by atoms with Crippen molar-refractivity contribution in [3.8, 4) is 5.69 Å². The lowest BCUT2D eigenvalue weighted by Gasteiger charge is -2.45. The number of para-hydroxylation sites is 2. The number of nitrogens with zero attached hydrogens (tertiary/aromatic N) is 2. The van der Waals surface area contributed by atoms with Gasteiger partial charge in [-0.1, -0.05) is 28.1 Å². The van der Waals surface area contributed by atoms with Gasteiger partial charge in [-0.05, 0) is 61.4 Å². The molecule has 0 atom stereocenters. The van der Waals surface area contributed by atoms with E-state index in [9.17, 15) is 8.42 Å². The topological polar surface area (TPSA) is 54.3 Å². The van der Waals surface area contributed by atoms with Crippen molar-refractivity contribution in [3.05, 3.63) is 77.0 Å². The van der Waals surface area contributed by atoms with Crippen molar-refractivity contribution in [1.82, 2.24) is 8.87 Å². The molecular weight excluding hydrogens is 438 g/mol. The Morgan fingerprint density at radius 3 is 2.39 bits per heavy atom. The average molecular weight is 458 g/mol. The molecular formula is C21H20BrN3O2S. The minimum absolute atomic E-state index is 0.246. The highest BCUT2D eigenvalue weighted by molar-refractivity contribution is 9.10. The maximum atomic E-state index is 13.0. The van der Waals surface area contributed by atoms with Gasteiger partial charge in [-0.2, -0.15) is 4.31 Å². The molecule has 3 heterocycles. The molecule has 28 heavy (non-hydrogen) atoms. The summed E-state index contributed by atoms with van der Waals surface area (Å²) < 4.78 is 30.8. The van der Waals surface area contributed by atoms with Gasteiger partial charge in [-0.25, -0.2) is 8.42 Å². The molecule has 1 aromatic heterocycles. The molecule has 2 aromatic carbocycles. The van der Waals surface area contributed by atoms with Crippen molar-refractivity contribution >= 4 is 31.6 Å². The highest BCUT2D eigenvalue weighted by Gasteiger charge is 2.43. The predicted octanol–water partition coefficient (Wildman–Crippen LogP) is 4.35. The summed E-state index contributed by atoms with van der Waals surface area (Å²) in [5, 5.41) is 3.73. The molecule has 5 rings (SSSR count). The van der Waals surface area contributed by atoms with E-state index < -0.39 is 10.0 Å². The lowest BCUT2D eigenvalue weighted by atomic mass is 9.83. The summed E-state index contributed by atoms with van der Waals surface area (Å²) in [4.78, 5) is 0.344. The predicted molar refractivity (Wildman–Crippen MR) is 113 cm³/mol. The van der Waals surface area contributed by atoms with E-state index in [0.717, 1.165) is 28.7 Å². The van der Waals surface area contributed by atoms with E-state index >= 15 is 0 Å². The summed E-state index contributed by atoms with van der Waals surface area (Å²) in [6.45, 7) is 0.970.